The van der Waals surface area contributed by atoms with Crippen LogP contribution >= 0.6 is 0 Å². The molecule has 0 unspecified atom stereocenters. The van der Waals surface area contributed by atoms with Crippen LogP contribution in [0.2, 0.25) is 0 Å². The molecule has 1 aromatic heterocycles. The molecule has 1 N–H and O–H groups in total. The quantitative estimate of drug-likeness (QED) is 0.704. The van der Waals surface area contributed by atoms with Crippen LogP contribution in [-0.2, 0) is 18.4 Å². The van der Waals surface area contributed by atoms with E-state index in [1.165, 1.54) is 0 Å². The van der Waals surface area contributed by atoms with Crippen LogP contribution < -0.4 is 10.1 Å². The van der Waals surface area contributed by atoms with Crippen LogP contribution in [-0.4, -0.2) is 29.7 Å². The van der Waals surface area contributed by atoms with Crippen molar-refractivity contribution >= 4 is 16.8 Å². The van der Waals surface area contributed by atoms with Crippen LogP contribution in [0.5, 0.6) is 5.75 Å². The second-order valence-electron chi connectivity index (χ2n) is 7.36. The zero-order chi connectivity index (χ0) is 19.5. The second-order valence-corrected chi connectivity index (χ2v) is 7.36. The Balaban J connectivity index is 1.45. The number of fused-ring (bicyclic) bond motifs is 1. The number of nitrogens with one attached hydrogen (secondary N) is 1. The average Bonchev–Trinajstić information content (AvgIpc) is 3.30. The minimum Gasteiger partial charge on any atom is -0.497 e. The molecule has 1 saturated carbocycles. The van der Waals surface area contributed by atoms with E-state index >= 15 is 0 Å². The Morgan fingerprint density at radius 1 is 1.14 bits per heavy atom. The Hall–Kier alpha value is -2.79. The van der Waals surface area contributed by atoms with Gasteiger partial charge >= 0.3 is 0 Å². The van der Waals surface area contributed by atoms with Gasteiger partial charge in [-0.25, -0.2) is 0 Å². The van der Waals surface area contributed by atoms with Gasteiger partial charge in [-0.1, -0.05) is 30.3 Å². The van der Waals surface area contributed by atoms with Gasteiger partial charge in [0.1, 0.15) is 11.4 Å². The van der Waals surface area contributed by atoms with Crippen LogP contribution in [0.15, 0.2) is 54.6 Å². The number of carbonyl (C=O) groups is 1. The fourth-order valence-corrected chi connectivity index (χ4v) is 3.98. The molecule has 146 valence electrons. The van der Waals surface area contributed by atoms with Gasteiger partial charge in [0.15, 0.2) is 0 Å². The van der Waals surface area contributed by atoms with E-state index in [9.17, 15) is 4.79 Å². The summed E-state index contributed by atoms with van der Waals surface area (Å²) in [5.74, 6) is 0.730. The molecule has 0 aliphatic heterocycles. The first-order valence-corrected chi connectivity index (χ1v) is 9.75. The fraction of sp³-hybridized carbons (Fsp3) is 0.348. The van der Waals surface area contributed by atoms with Crippen molar-refractivity contribution in [1.29, 1.82) is 0 Å². The molecule has 28 heavy (non-hydrogen) atoms. The van der Waals surface area contributed by atoms with Gasteiger partial charge in [0.2, 0.25) is 0 Å². The molecule has 2 aromatic carbocycles. The lowest BCUT2D eigenvalue weighted by Crippen LogP contribution is -2.41. The molecule has 5 nitrogen and oxygen atoms in total. The third kappa shape index (κ3) is 3.76. The molecular weight excluding hydrogens is 352 g/mol. The van der Waals surface area contributed by atoms with Gasteiger partial charge in [-0.2, -0.15) is 0 Å². The smallest absolute Gasteiger partial charge is 0.268 e. The molecule has 1 aliphatic carbocycles. The third-order valence-electron chi connectivity index (χ3n) is 5.56. The number of ether oxygens (including phenoxy) is 2. The Kier molecular flexibility index (Phi) is 5.35. The van der Waals surface area contributed by atoms with Crippen molar-refractivity contribution in [2.45, 2.75) is 38.0 Å². The van der Waals surface area contributed by atoms with Crippen LogP contribution in [0.25, 0.3) is 10.9 Å². The van der Waals surface area contributed by atoms with Crippen molar-refractivity contribution in [3.05, 3.63) is 65.9 Å². The predicted octanol–water partition coefficient (Wildman–Crippen LogP) is 4.05. The molecule has 1 aliphatic rings. The molecule has 2 atom stereocenters. The maximum absolute atomic E-state index is 12.9. The number of benzene rings is 2. The Bertz CT molecular complexity index is 965. The van der Waals surface area contributed by atoms with E-state index in [1.54, 1.807) is 7.11 Å². The minimum atomic E-state index is -0.0575. The van der Waals surface area contributed by atoms with Crippen molar-refractivity contribution in [2.75, 3.05) is 7.11 Å². The molecule has 0 radical (unpaired) electrons. The van der Waals surface area contributed by atoms with Crippen LogP contribution in [0.4, 0.5) is 0 Å². The highest BCUT2D eigenvalue weighted by atomic mass is 16.5. The van der Waals surface area contributed by atoms with Crippen LogP contribution in [0, 0.1) is 0 Å². The highest BCUT2D eigenvalue weighted by Gasteiger charge is 2.30. The minimum absolute atomic E-state index is 0.0451. The molecule has 1 fully saturated rings. The number of hydrogen-bond donors (Lipinski definition) is 1. The Morgan fingerprint density at radius 3 is 2.75 bits per heavy atom. The lowest BCUT2D eigenvalue weighted by Gasteiger charge is -2.21. The van der Waals surface area contributed by atoms with Gasteiger partial charge in [-0.3, -0.25) is 4.79 Å². The van der Waals surface area contributed by atoms with E-state index < -0.39 is 0 Å². The van der Waals surface area contributed by atoms with Crippen LogP contribution in [0.1, 0.15) is 35.3 Å². The first-order valence-electron chi connectivity index (χ1n) is 9.75. The van der Waals surface area contributed by atoms with E-state index in [1.807, 2.05) is 54.1 Å². The van der Waals surface area contributed by atoms with Crippen molar-refractivity contribution in [2.24, 2.45) is 7.05 Å². The van der Waals surface area contributed by atoms with E-state index in [4.69, 9.17) is 9.47 Å². The van der Waals surface area contributed by atoms with Gasteiger partial charge in [-0.15, -0.1) is 0 Å². The van der Waals surface area contributed by atoms with Crippen molar-refractivity contribution in [3.8, 4) is 5.75 Å². The maximum Gasteiger partial charge on any atom is 0.268 e. The van der Waals surface area contributed by atoms with E-state index in [-0.39, 0.29) is 18.1 Å². The molecule has 1 amide bonds. The van der Waals surface area contributed by atoms with Gasteiger partial charge in [0.25, 0.3) is 5.91 Å². The SMILES string of the molecule is COc1ccc2c(c1)cc(C(=O)N[C@@H]1CCC[C@H]1OCc1ccccc1)n2C. The number of rotatable bonds is 6. The van der Waals surface area contributed by atoms with E-state index in [0.717, 1.165) is 41.5 Å². The zero-order valence-corrected chi connectivity index (χ0v) is 16.4. The maximum atomic E-state index is 12.9. The van der Waals surface area contributed by atoms with Gasteiger partial charge < -0.3 is 19.4 Å². The molecule has 0 saturated heterocycles. The summed E-state index contributed by atoms with van der Waals surface area (Å²) < 4.78 is 13.3. The summed E-state index contributed by atoms with van der Waals surface area (Å²) in [7, 11) is 3.56. The number of methoxy groups -OCH3 is 1. The third-order valence-corrected chi connectivity index (χ3v) is 5.56. The lowest BCUT2D eigenvalue weighted by atomic mass is 10.2. The highest BCUT2D eigenvalue weighted by Crippen LogP contribution is 2.26. The van der Waals surface area contributed by atoms with E-state index in [0.29, 0.717) is 12.3 Å². The van der Waals surface area contributed by atoms with Crippen molar-refractivity contribution in [1.82, 2.24) is 9.88 Å². The summed E-state index contributed by atoms with van der Waals surface area (Å²) in [5, 5.41) is 4.19. The highest BCUT2D eigenvalue weighted by molar-refractivity contribution is 5.99. The summed E-state index contributed by atoms with van der Waals surface area (Å²) in [4.78, 5) is 12.9. The van der Waals surface area contributed by atoms with Gasteiger partial charge in [-0.05, 0) is 49.1 Å². The van der Waals surface area contributed by atoms with Crippen molar-refractivity contribution < 1.29 is 14.3 Å². The van der Waals surface area contributed by atoms with Crippen LogP contribution in [0.3, 0.4) is 0 Å². The topological polar surface area (TPSA) is 52.5 Å². The molecule has 1 heterocycles. The molecular formula is C23H26N2O3. The first kappa shape index (κ1) is 18.6. The molecule has 3 aromatic rings. The summed E-state index contributed by atoms with van der Waals surface area (Å²) in [6.07, 6.45) is 3.04. The number of aromatic nitrogens is 1. The lowest BCUT2D eigenvalue weighted by molar-refractivity contribution is 0.0271. The van der Waals surface area contributed by atoms with Crippen molar-refractivity contribution in [3.63, 3.8) is 0 Å². The normalized spacial score (nSPS) is 19.1. The predicted molar refractivity (Wildman–Crippen MR) is 110 cm³/mol. The number of nitrogens with zero attached hydrogens (tertiary/aromatic N) is 1. The zero-order valence-electron chi connectivity index (χ0n) is 16.4. The molecule has 5 heteroatoms. The fourth-order valence-electron chi connectivity index (χ4n) is 3.98. The average molecular weight is 378 g/mol. The number of hydrogen-bond acceptors (Lipinski definition) is 3. The first-order chi connectivity index (χ1) is 13.7. The summed E-state index contributed by atoms with van der Waals surface area (Å²) in [6.45, 7) is 0.575. The summed E-state index contributed by atoms with van der Waals surface area (Å²) >= 11 is 0. The monoisotopic (exact) mass is 378 g/mol. The molecule has 0 bridgehead atoms. The summed E-state index contributed by atoms with van der Waals surface area (Å²) in [6, 6.07) is 18.0. The van der Waals surface area contributed by atoms with E-state index in [2.05, 4.69) is 17.4 Å². The number of carbonyl (C=O) groups excluding carboxylic acids is 1. The second kappa shape index (κ2) is 8.07. The summed E-state index contributed by atoms with van der Waals surface area (Å²) in [5.41, 5.74) is 2.81. The molecule has 0 spiro atoms. The number of amides is 1. The standard InChI is InChI=1S/C23H26N2O3/c1-25-20-12-11-18(27-2)13-17(20)14-21(25)23(26)24-19-9-6-10-22(19)28-15-16-7-4-3-5-8-16/h3-5,7-8,11-14,19,22H,6,9-10,15H2,1-2H3,(H,24,26)/t19-,22-/m1/s1. The number of aryl methyl sites for hydroxylation is 1. The van der Waals surface area contributed by atoms with Gasteiger partial charge in [0, 0.05) is 18.0 Å². The Labute approximate surface area is 165 Å². The largest absolute Gasteiger partial charge is 0.497 e. The van der Waals surface area contributed by atoms with Gasteiger partial charge in [0.05, 0.1) is 25.9 Å². The Morgan fingerprint density at radius 2 is 1.96 bits per heavy atom. The molecule has 4 rings (SSSR count).